The van der Waals surface area contributed by atoms with Crippen molar-refractivity contribution in [3.05, 3.63) is 83.0 Å². The molecule has 2 aliphatic rings. The summed E-state index contributed by atoms with van der Waals surface area (Å²) in [5, 5.41) is 0.388. The topological polar surface area (TPSA) is 106 Å². The summed E-state index contributed by atoms with van der Waals surface area (Å²) in [6, 6.07) is 17.8. The molecule has 2 N–H and O–H groups in total. The van der Waals surface area contributed by atoms with Crippen LogP contribution in [0.15, 0.2) is 71.8 Å². The Morgan fingerprint density at radius 3 is 2.29 bits per heavy atom. The molecule has 2 saturated heterocycles. The average Bonchev–Trinajstić information content (AvgIpc) is 2.96. The molecule has 0 radical (unpaired) electrons. The number of nitrogens with zero attached hydrogens (tertiary/aromatic N) is 3. The molecule has 1 amide bonds. The predicted molar refractivity (Wildman–Crippen MR) is 161 cm³/mol. The second kappa shape index (κ2) is 12.0. The van der Waals surface area contributed by atoms with Crippen LogP contribution in [0.25, 0.3) is 0 Å². The highest BCUT2D eigenvalue weighted by Crippen LogP contribution is 2.39. The maximum Gasteiger partial charge on any atom is 0.257 e. The van der Waals surface area contributed by atoms with Crippen molar-refractivity contribution in [2.75, 3.05) is 38.2 Å². The molecule has 1 atom stereocenters. The Kier molecular flexibility index (Phi) is 8.59. The van der Waals surface area contributed by atoms with Crippen LogP contribution in [-0.4, -0.2) is 67.1 Å². The number of benzene rings is 2. The Balaban J connectivity index is 1.25. The highest BCUT2D eigenvalue weighted by atomic mass is 35.5. The number of rotatable bonds is 7. The molecule has 41 heavy (non-hydrogen) atoms. The Hall–Kier alpha value is -3.14. The Labute approximate surface area is 247 Å². The summed E-state index contributed by atoms with van der Waals surface area (Å²) in [5.74, 6) is 0.686. The minimum atomic E-state index is -3.28. The van der Waals surface area contributed by atoms with E-state index in [0.29, 0.717) is 40.1 Å². The summed E-state index contributed by atoms with van der Waals surface area (Å²) in [4.78, 5) is 22.3. The molecule has 2 aliphatic heterocycles. The quantitative estimate of drug-likeness (QED) is 0.371. The van der Waals surface area contributed by atoms with E-state index < -0.39 is 9.84 Å². The Morgan fingerprint density at radius 1 is 1.02 bits per heavy atom. The summed E-state index contributed by atoms with van der Waals surface area (Å²) < 4.78 is 30.4. The minimum absolute atomic E-state index is 0.0117. The van der Waals surface area contributed by atoms with Crippen molar-refractivity contribution in [3.8, 4) is 5.88 Å². The fourth-order valence-electron chi connectivity index (χ4n) is 6.06. The number of nitrogen functional groups attached to an aromatic ring is 1. The molecule has 218 valence electrons. The zero-order valence-electron chi connectivity index (χ0n) is 23.5. The zero-order chi connectivity index (χ0) is 29.2. The summed E-state index contributed by atoms with van der Waals surface area (Å²) in [6.45, 7) is 5.42. The first-order chi connectivity index (χ1) is 19.5. The number of aromatic nitrogens is 1. The van der Waals surface area contributed by atoms with Gasteiger partial charge < -0.3 is 15.4 Å². The number of likely N-dealkylation sites (tertiary alicyclic amines) is 2. The monoisotopic (exact) mass is 596 g/mol. The summed E-state index contributed by atoms with van der Waals surface area (Å²) >= 11 is 6.31. The Bertz CT molecular complexity index is 1450. The van der Waals surface area contributed by atoms with Gasteiger partial charge in [0.15, 0.2) is 9.84 Å². The van der Waals surface area contributed by atoms with Crippen molar-refractivity contribution in [2.45, 2.75) is 49.1 Å². The molecule has 0 bridgehead atoms. The molecule has 2 fully saturated rings. The van der Waals surface area contributed by atoms with E-state index in [1.54, 1.807) is 36.5 Å². The van der Waals surface area contributed by atoms with Crippen LogP contribution in [-0.2, 0) is 9.84 Å². The van der Waals surface area contributed by atoms with Gasteiger partial charge in [0.25, 0.3) is 5.91 Å². The molecule has 10 heteroatoms. The van der Waals surface area contributed by atoms with Gasteiger partial charge in [0.1, 0.15) is 6.10 Å². The van der Waals surface area contributed by atoms with Gasteiger partial charge in [-0.25, -0.2) is 13.4 Å². The van der Waals surface area contributed by atoms with E-state index in [2.05, 4.69) is 16.8 Å². The number of anilines is 1. The molecule has 0 aliphatic carbocycles. The number of pyridine rings is 1. The van der Waals surface area contributed by atoms with Crippen molar-refractivity contribution >= 4 is 33.0 Å². The lowest BCUT2D eigenvalue weighted by Crippen LogP contribution is -2.56. The summed E-state index contributed by atoms with van der Waals surface area (Å²) in [6.07, 6.45) is 6.28. The van der Waals surface area contributed by atoms with Gasteiger partial charge in [-0.3, -0.25) is 9.69 Å². The second-order valence-corrected chi connectivity index (χ2v) is 13.8. The number of hydrogen-bond acceptors (Lipinski definition) is 7. The van der Waals surface area contributed by atoms with Crippen molar-refractivity contribution in [3.63, 3.8) is 0 Å². The number of carbonyl (C=O) groups excluding carboxylic acids is 1. The van der Waals surface area contributed by atoms with E-state index in [0.717, 1.165) is 44.3 Å². The molecule has 1 unspecified atom stereocenters. The van der Waals surface area contributed by atoms with Gasteiger partial charge in [-0.15, -0.1) is 0 Å². The van der Waals surface area contributed by atoms with Gasteiger partial charge in [-0.2, -0.15) is 0 Å². The van der Waals surface area contributed by atoms with Crippen molar-refractivity contribution in [2.24, 2.45) is 5.92 Å². The fraction of sp³-hybridized carbons (Fsp3) is 0.419. The third-order valence-electron chi connectivity index (χ3n) is 8.64. The highest BCUT2D eigenvalue weighted by molar-refractivity contribution is 7.90. The van der Waals surface area contributed by atoms with Gasteiger partial charge in [0, 0.05) is 48.8 Å². The lowest BCUT2D eigenvalue weighted by atomic mass is 9.82. The van der Waals surface area contributed by atoms with Crippen LogP contribution < -0.4 is 10.5 Å². The number of carbonyl (C=O) groups is 1. The van der Waals surface area contributed by atoms with Crippen LogP contribution >= 0.6 is 11.6 Å². The van der Waals surface area contributed by atoms with E-state index in [1.807, 2.05) is 35.2 Å². The van der Waals surface area contributed by atoms with Crippen LogP contribution in [0.1, 0.15) is 54.6 Å². The smallest absolute Gasteiger partial charge is 0.257 e. The predicted octanol–water partition coefficient (Wildman–Crippen LogP) is 5.25. The van der Waals surface area contributed by atoms with Gasteiger partial charge >= 0.3 is 0 Å². The third kappa shape index (κ3) is 6.52. The summed E-state index contributed by atoms with van der Waals surface area (Å²) in [5.41, 5.74) is 7.80. The maximum absolute atomic E-state index is 13.2. The van der Waals surface area contributed by atoms with E-state index in [4.69, 9.17) is 22.1 Å². The Morgan fingerprint density at radius 2 is 1.71 bits per heavy atom. The maximum atomic E-state index is 13.2. The minimum Gasteiger partial charge on any atom is -0.469 e. The lowest BCUT2D eigenvalue weighted by Gasteiger charge is -2.49. The van der Waals surface area contributed by atoms with Gasteiger partial charge in [-0.1, -0.05) is 35.9 Å². The number of sulfone groups is 1. The molecular weight excluding hydrogens is 560 g/mol. The third-order valence-corrected chi connectivity index (χ3v) is 10.1. The highest BCUT2D eigenvalue weighted by Gasteiger charge is 2.40. The lowest BCUT2D eigenvalue weighted by molar-refractivity contribution is -0.00610. The first-order valence-corrected chi connectivity index (χ1v) is 16.3. The molecule has 0 saturated carbocycles. The van der Waals surface area contributed by atoms with E-state index in [-0.39, 0.29) is 23.5 Å². The van der Waals surface area contributed by atoms with E-state index >= 15 is 0 Å². The number of nitrogens with two attached hydrogens (primary N) is 1. The van der Waals surface area contributed by atoms with Crippen molar-refractivity contribution < 1.29 is 17.9 Å². The number of amides is 1. The van der Waals surface area contributed by atoms with Crippen LogP contribution in [0.2, 0.25) is 5.02 Å². The fourth-order valence-corrected chi connectivity index (χ4v) is 6.96. The number of ether oxygens (including phenoxy) is 1. The van der Waals surface area contributed by atoms with Gasteiger partial charge in [-0.05, 0) is 81.6 Å². The molecule has 5 rings (SSSR count). The number of halogens is 1. The largest absolute Gasteiger partial charge is 0.469 e. The number of hydrogen-bond donors (Lipinski definition) is 1. The SMILES string of the molecule is CC1(N2CCC(C(Oc3ccccn3)c3ccc(S(C)(=O)=O)cc3)CC2)CCN(C(=O)c2c(N)cccc2Cl)CC1. The van der Waals surface area contributed by atoms with Crippen molar-refractivity contribution in [1.82, 2.24) is 14.8 Å². The van der Waals surface area contributed by atoms with Crippen LogP contribution in [0, 0.1) is 5.92 Å². The normalized spacial score (nSPS) is 19.0. The first-order valence-electron chi connectivity index (χ1n) is 14.0. The first kappa shape index (κ1) is 29.4. The van der Waals surface area contributed by atoms with Gasteiger partial charge in [0.05, 0.1) is 15.5 Å². The standard InChI is InChI=1S/C31H37ClN4O4S/c1-31(15-20-35(21-16-31)30(37)28-25(32)6-5-7-26(28)33)36-18-13-23(14-19-36)29(40-27-8-3-4-17-34-27)22-9-11-24(12-10-22)41(2,38)39/h3-12,17,23,29H,13-16,18-21,33H2,1-2H3. The molecule has 3 aromatic rings. The molecule has 1 aromatic heterocycles. The van der Waals surface area contributed by atoms with Crippen molar-refractivity contribution in [1.29, 1.82) is 0 Å². The van der Waals surface area contributed by atoms with Crippen LogP contribution in [0.3, 0.4) is 0 Å². The van der Waals surface area contributed by atoms with E-state index in [1.165, 1.54) is 6.26 Å². The molecule has 0 spiro atoms. The van der Waals surface area contributed by atoms with Gasteiger partial charge in [0.2, 0.25) is 5.88 Å². The number of piperidine rings is 2. The zero-order valence-corrected chi connectivity index (χ0v) is 25.1. The molecule has 8 nitrogen and oxygen atoms in total. The molecule has 3 heterocycles. The van der Waals surface area contributed by atoms with Crippen LogP contribution in [0.4, 0.5) is 5.69 Å². The summed E-state index contributed by atoms with van der Waals surface area (Å²) in [7, 11) is -3.28. The van der Waals surface area contributed by atoms with Crippen LogP contribution in [0.5, 0.6) is 5.88 Å². The molecule has 2 aromatic carbocycles. The molecular formula is C31H37ClN4O4S. The second-order valence-electron chi connectivity index (χ2n) is 11.4. The van der Waals surface area contributed by atoms with E-state index in [9.17, 15) is 13.2 Å². The average molecular weight is 597 g/mol.